The Labute approximate surface area is 87.4 Å². The number of H-pyrrole nitrogens is 1. The van der Waals surface area contributed by atoms with Crippen molar-refractivity contribution in [2.45, 2.75) is 13.3 Å². The monoisotopic (exact) mass is 211 g/mol. The van der Waals surface area contributed by atoms with Gasteiger partial charge in [-0.3, -0.25) is 4.79 Å². The van der Waals surface area contributed by atoms with E-state index in [4.69, 9.17) is 4.74 Å². The minimum Gasteiger partial charge on any atom is -0.466 e. The topological polar surface area (TPSA) is 68.4 Å². The molecule has 0 radical (unpaired) electrons. The van der Waals surface area contributed by atoms with Crippen LogP contribution in [-0.4, -0.2) is 30.6 Å². The Bertz CT molecular complexity index is 356. The zero-order valence-corrected chi connectivity index (χ0v) is 8.70. The molecular weight excluding hydrogens is 198 g/mol. The maximum Gasteiger partial charge on any atom is 0.354 e. The van der Waals surface area contributed by atoms with Gasteiger partial charge in [0.05, 0.1) is 20.1 Å². The average molecular weight is 211 g/mol. The molecule has 0 atom stereocenters. The maximum atomic E-state index is 11.1. The summed E-state index contributed by atoms with van der Waals surface area (Å²) >= 11 is 0. The number of aromatic amines is 1. The SMILES string of the molecule is CCOC(=O)Cc1ccc(C(=O)OC)[nH]1. The van der Waals surface area contributed by atoms with Gasteiger partial charge in [-0.15, -0.1) is 0 Å². The second-order valence-corrected chi connectivity index (χ2v) is 2.87. The van der Waals surface area contributed by atoms with Crippen molar-refractivity contribution in [1.29, 1.82) is 0 Å². The van der Waals surface area contributed by atoms with Gasteiger partial charge in [0.15, 0.2) is 0 Å². The molecule has 0 unspecified atom stereocenters. The molecule has 0 amide bonds. The lowest BCUT2D eigenvalue weighted by molar-refractivity contribution is -0.142. The van der Waals surface area contributed by atoms with E-state index >= 15 is 0 Å². The van der Waals surface area contributed by atoms with Gasteiger partial charge in [0.2, 0.25) is 0 Å². The third-order valence-corrected chi connectivity index (χ3v) is 1.79. The summed E-state index contributed by atoms with van der Waals surface area (Å²) in [6, 6.07) is 3.23. The van der Waals surface area contributed by atoms with Crippen LogP contribution < -0.4 is 0 Å². The predicted octanol–water partition coefficient (Wildman–Crippen LogP) is 0.907. The van der Waals surface area contributed by atoms with E-state index in [1.54, 1.807) is 19.1 Å². The van der Waals surface area contributed by atoms with Crippen LogP contribution in [0.25, 0.3) is 0 Å². The molecule has 15 heavy (non-hydrogen) atoms. The highest BCUT2D eigenvalue weighted by Gasteiger charge is 2.10. The summed E-state index contributed by atoms with van der Waals surface area (Å²) in [6.07, 6.45) is 0.130. The molecule has 5 heteroatoms. The fraction of sp³-hybridized carbons (Fsp3) is 0.400. The van der Waals surface area contributed by atoms with Crippen LogP contribution in [0.2, 0.25) is 0 Å². The molecular formula is C10H13NO4. The first-order chi connectivity index (χ1) is 7.17. The van der Waals surface area contributed by atoms with Gasteiger partial charge in [-0.2, -0.15) is 0 Å². The normalized spacial score (nSPS) is 9.73. The molecule has 0 saturated heterocycles. The van der Waals surface area contributed by atoms with Crippen molar-refractivity contribution >= 4 is 11.9 Å². The molecule has 0 spiro atoms. The molecule has 1 aromatic rings. The number of rotatable bonds is 4. The number of esters is 2. The van der Waals surface area contributed by atoms with Crippen molar-refractivity contribution in [3.8, 4) is 0 Å². The third kappa shape index (κ3) is 3.12. The lowest BCUT2D eigenvalue weighted by Gasteiger charge is -1.99. The van der Waals surface area contributed by atoms with Crippen molar-refractivity contribution in [3.05, 3.63) is 23.5 Å². The summed E-state index contributed by atoms with van der Waals surface area (Å²) in [7, 11) is 1.30. The van der Waals surface area contributed by atoms with E-state index in [-0.39, 0.29) is 12.4 Å². The van der Waals surface area contributed by atoms with Crippen LogP contribution in [0.15, 0.2) is 12.1 Å². The molecule has 0 bridgehead atoms. The highest BCUT2D eigenvalue weighted by Crippen LogP contribution is 2.04. The van der Waals surface area contributed by atoms with Crippen molar-refractivity contribution in [1.82, 2.24) is 4.98 Å². The molecule has 5 nitrogen and oxygen atoms in total. The molecule has 1 heterocycles. The standard InChI is InChI=1S/C10H13NO4/c1-3-15-9(12)6-7-4-5-8(11-7)10(13)14-2/h4-5,11H,3,6H2,1-2H3. The van der Waals surface area contributed by atoms with Crippen LogP contribution in [0.4, 0.5) is 0 Å². The van der Waals surface area contributed by atoms with E-state index in [0.29, 0.717) is 18.0 Å². The lowest BCUT2D eigenvalue weighted by Crippen LogP contribution is -2.08. The van der Waals surface area contributed by atoms with Crippen molar-refractivity contribution in [2.24, 2.45) is 0 Å². The fourth-order valence-electron chi connectivity index (χ4n) is 1.14. The highest BCUT2D eigenvalue weighted by atomic mass is 16.5. The molecule has 1 N–H and O–H groups in total. The molecule has 0 aliphatic heterocycles. The Morgan fingerprint density at radius 3 is 2.73 bits per heavy atom. The van der Waals surface area contributed by atoms with E-state index in [1.165, 1.54) is 7.11 Å². The number of carbonyl (C=O) groups is 2. The van der Waals surface area contributed by atoms with E-state index in [0.717, 1.165) is 0 Å². The Morgan fingerprint density at radius 2 is 2.13 bits per heavy atom. The predicted molar refractivity (Wildman–Crippen MR) is 52.5 cm³/mol. The van der Waals surface area contributed by atoms with Gasteiger partial charge >= 0.3 is 11.9 Å². The maximum absolute atomic E-state index is 11.1. The third-order valence-electron chi connectivity index (χ3n) is 1.79. The second kappa shape index (κ2) is 5.19. The van der Waals surface area contributed by atoms with Crippen molar-refractivity contribution < 1.29 is 19.1 Å². The molecule has 82 valence electrons. The Balaban J connectivity index is 2.60. The van der Waals surface area contributed by atoms with Crippen LogP contribution >= 0.6 is 0 Å². The summed E-state index contributed by atoms with van der Waals surface area (Å²) in [4.78, 5) is 24.9. The van der Waals surface area contributed by atoms with Gasteiger partial charge in [-0.25, -0.2) is 4.79 Å². The molecule has 0 saturated carbocycles. The molecule has 0 aliphatic carbocycles. The Morgan fingerprint density at radius 1 is 1.40 bits per heavy atom. The number of carbonyl (C=O) groups excluding carboxylic acids is 2. The Hall–Kier alpha value is -1.78. The Kier molecular flexibility index (Phi) is 3.91. The first-order valence-corrected chi connectivity index (χ1v) is 4.59. The van der Waals surface area contributed by atoms with E-state index in [9.17, 15) is 9.59 Å². The zero-order chi connectivity index (χ0) is 11.3. The minimum atomic E-state index is -0.454. The van der Waals surface area contributed by atoms with Gasteiger partial charge < -0.3 is 14.5 Å². The van der Waals surface area contributed by atoms with Gasteiger partial charge in [0.25, 0.3) is 0 Å². The molecule has 0 aliphatic rings. The minimum absolute atomic E-state index is 0.130. The zero-order valence-electron chi connectivity index (χ0n) is 8.70. The van der Waals surface area contributed by atoms with Crippen molar-refractivity contribution in [3.63, 3.8) is 0 Å². The number of nitrogens with one attached hydrogen (secondary N) is 1. The van der Waals surface area contributed by atoms with Crippen LogP contribution in [0.3, 0.4) is 0 Å². The highest BCUT2D eigenvalue weighted by molar-refractivity contribution is 5.87. The quantitative estimate of drug-likeness (QED) is 0.751. The first kappa shape index (κ1) is 11.3. The van der Waals surface area contributed by atoms with Gasteiger partial charge in [-0.1, -0.05) is 0 Å². The molecule has 0 aromatic carbocycles. The van der Waals surface area contributed by atoms with Gasteiger partial charge in [0, 0.05) is 5.69 Å². The van der Waals surface area contributed by atoms with E-state index < -0.39 is 5.97 Å². The molecule has 0 fully saturated rings. The van der Waals surface area contributed by atoms with Crippen LogP contribution in [-0.2, 0) is 20.7 Å². The molecule has 1 aromatic heterocycles. The van der Waals surface area contributed by atoms with Crippen LogP contribution in [0, 0.1) is 0 Å². The van der Waals surface area contributed by atoms with E-state index in [2.05, 4.69) is 9.72 Å². The van der Waals surface area contributed by atoms with Crippen LogP contribution in [0.5, 0.6) is 0 Å². The number of hydrogen-bond donors (Lipinski definition) is 1. The summed E-state index contributed by atoms with van der Waals surface area (Å²) in [5, 5.41) is 0. The van der Waals surface area contributed by atoms with Crippen LogP contribution in [0.1, 0.15) is 23.1 Å². The average Bonchev–Trinajstić information content (AvgIpc) is 2.65. The summed E-state index contributed by atoms with van der Waals surface area (Å²) < 4.78 is 9.28. The smallest absolute Gasteiger partial charge is 0.354 e. The summed E-state index contributed by atoms with van der Waals surface area (Å²) in [5.41, 5.74) is 0.964. The fourth-order valence-corrected chi connectivity index (χ4v) is 1.14. The van der Waals surface area contributed by atoms with Gasteiger partial charge in [0.1, 0.15) is 5.69 Å². The van der Waals surface area contributed by atoms with E-state index in [1.807, 2.05) is 0 Å². The largest absolute Gasteiger partial charge is 0.466 e. The van der Waals surface area contributed by atoms with Crippen molar-refractivity contribution in [2.75, 3.05) is 13.7 Å². The molecule has 1 rings (SSSR count). The number of methoxy groups -OCH3 is 1. The summed E-state index contributed by atoms with van der Waals surface area (Å²) in [5.74, 6) is -0.777. The number of ether oxygens (including phenoxy) is 2. The second-order valence-electron chi connectivity index (χ2n) is 2.87. The first-order valence-electron chi connectivity index (χ1n) is 4.59. The number of hydrogen-bond acceptors (Lipinski definition) is 4. The van der Waals surface area contributed by atoms with Gasteiger partial charge in [-0.05, 0) is 19.1 Å². The number of aromatic nitrogens is 1. The summed E-state index contributed by atoms with van der Waals surface area (Å²) in [6.45, 7) is 2.09. The lowest BCUT2D eigenvalue weighted by atomic mass is 10.3.